The van der Waals surface area contributed by atoms with Crippen molar-refractivity contribution in [3.63, 3.8) is 0 Å². The summed E-state index contributed by atoms with van der Waals surface area (Å²) in [5.41, 5.74) is 3.79. The molecule has 6 heteroatoms. The fourth-order valence-electron chi connectivity index (χ4n) is 2.33. The highest BCUT2D eigenvalue weighted by Crippen LogP contribution is 2.28. The summed E-state index contributed by atoms with van der Waals surface area (Å²) in [4.78, 5) is 0. The van der Waals surface area contributed by atoms with E-state index in [1.165, 1.54) is 0 Å². The van der Waals surface area contributed by atoms with Crippen molar-refractivity contribution >= 4 is 49.5 Å². The molecule has 3 nitrogen and oxygen atoms in total. The van der Waals surface area contributed by atoms with Crippen LogP contribution in [0.2, 0.25) is 5.02 Å². The molecular weight excluding hydrogens is 455 g/mol. The van der Waals surface area contributed by atoms with Crippen molar-refractivity contribution in [3.8, 4) is 22.7 Å². The number of benzene rings is 2. The lowest BCUT2D eigenvalue weighted by Crippen LogP contribution is -1.99. The first kappa shape index (κ1) is 17.3. The fourth-order valence-corrected chi connectivity index (χ4v) is 2.92. The topological polar surface area (TPSA) is 27.1 Å². The number of halogens is 3. The van der Waals surface area contributed by atoms with Gasteiger partial charge in [0, 0.05) is 10.6 Å². The standard InChI is InChI=1S/C18H13Br2ClN2O/c1-24-16-8-6-15(7-9-16)23-17(10-14(22-23)11-18(19)20)12-2-4-13(21)5-3-12/h2-11H,1H3. The van der Waals surface area contributed by atoms with Gasteiger partial charge in [0.1, 0.15) is 5.75 Å². The molecule has 0 spiro atoms. The highest BCUT2D eigenvalue weighted by molar-refractivity contribution is 9.28. The molecule has 0 atom stereocenters. The quantitative estimate of drug-likeness (QED) is 0.450. The molecule has 0 fully saturated rings. The van der Waals surface area contributed by atoms with Crippen molar-refractivity contribution in [2.24, 2.45) is 0 Å². The van der Waals surface area contributed by atoms with Gasteiger partial charge >= 0.3 is 0 Å². The Hall–Kier alpha value is -1.56. The normalized spacial score (nSPS) is 10.5. The molecule has 0 N–H and O–H groups in total. The maximum atomic E-state index is 6.01. The lowest BCUT2D eigenvalue weighted by atomic mass is 10.1. The Labute approximate surface area is 162 Å². The van der Waals surface area contributed by atoms with Gasteiger partial charge in [0.15, 0.2) is 0 Å². The first-order chi connectivity index (χ1) is 11.6. The van der Waals surface area contributed by atoms with Crippen LogP contribution in [0.25, 0.3) is 23.0 Å². The lowest BCUT2D eigenvalue weighted by Gasteiger charge is -2.08. The molecular formula is C18H13Br2ClN2O. The number of nitrogens with zero attached hydrogens (tertiary/aromatic N) is 2. The maximum Gasteiger partial charge on any atom is 0.119 e. The summed E-state index contributed by atoms with van der Waals surface area (Å²) in [7, 11) is 1.65. The molecule has 0 saturated carbocycles. The molecule has 0 saturated heterocycles. The summed E-state index contributed by atoms with van der Waals surface area (Å²) in [5, 5.41) is 5.39. The number of aromatic nitrogens is 2. The minimum Gasteiger partial charge on any atom is -0.497 e. The van der Waals surface area contributed by atoms with E-state index in [0.29, 0.717) is 5.02 Å². The molecule has 1 heterocycles. The third-order valence-electron chi connectivity index (χ3n) is 3.44. The Kier molecular flexibility index (Phi) is 5.43. The van der Waals surface area contributed by atoms with Gasteiger partial charge in [0.2, 0.25) is 0 Å². The van der Waals surface area contributed by atoms with E-state index in [2.05, 4.69) is 37.0 Å². The van der Waals surface area contributed by atoms with Crippen molar-refractivity contribution in [1.29, 1.82) is 0 Å². The smallest absolute Gasteiger partial charge is 0.119 e. The molecule has 0 aliphatic rings. The molecule has 1 aromatic heterocycles. The summed E-state index contributed by atoms with van der Waals surface area (Å²) < 4.78 is 7.96. The van der Waals surface area contributed by atoms with Crippen LogP contribution in [0.1, 0.15) is 5.69 Å². The first-order valence-corrected chi connectivity index (χ1v) is 9.06. The highest BCUT2D eigenvalue weighted by Gasteiger charge is 2.11. The average molecular weight is 469 g/mol. The van der Waals surface area contributed by atoms with Gasteiger partial charge in [-0.05, 0) is 80.4 Å². The second-order valence-corrected chi connectivity index (χ2v) is 8.21. The SMILES string of the molecule is COc1ccc(-n2nc(C=C(Br)Br)cc2-c2ccc(Cl)cc2)cc1. The summed E-state index contributed by atoms with van der Waals surface area (Å²) >= 11 is 12.8. The molecule has 3 rings (SSSR count). The van der Waals surface area contributed by atoms with Gasteiger partial charge in [-0.3, -0.25) is 0 Å². The third kappa shape index (κ3) is 3.91. The number of methoxy groups -OCH3 is 1. The Morgan fingerprint density at radius 2 is 1.75 bits per heavy atom. The van der Waals surface area contributed by atoms with E-state index in [9.17, 15) is 0 Å². The molecule has 0 aliphatic carbocycles. The highest BCUT2D eigenvalue weighted by atomic mass is 79.9. The summed E-state index contributed by atoms with van der Waals surface area (Å²) in [6.07, 6.45) is 1.90. The monoisotopic (exact) mass is 466 g/mol. The van der Waals surface area contributed by atoms with Crippen LogP contribution in [0.4, 0.5) is 0 Å². The first-order valence-electron chi connectivity index (χ1n) is 7.10. The van der Waals surface area contributed by atoms with Crippen LogP contribution in [-0.2, 0) is 0 Å². The summed E-state index contributed by atoms with van der Waals surface area (Å²) in [6, 6.07) is 17.5. The largest absolute Gasteiger partial charge is 0.497 e. The van der Waals surface area contributed by atoms with Crippen LogP contribution in [0, 0.1) is 0 Å². The van der Waals surface area contributed by atoms with Crippen molar-refractivity contribution in [3.05, 3.63) is 68.7 Å². The van der Waals surface area contributed by atoms with Gasteiger partial charge in [0.05, 0.1) is 27.6 Å². The second-order valence-electron chi connectivity index (χ2n) is 5.01. The molecule has 0 aliphatic heterocycles. The van der Waals surface area contributed by atoms with Crippen LogP contribution in [0.3, 0.4) is 0 Å². The maximum absolute atomic E-state index is 6.01. The zero-order valence-electron chi connectivity index (χ0n) is 12.7. The summed E-state index contributed by atoms with van der Waals surface area (Å²) in [5.74, 6) is 0.808. The predicted octanol–water partition coefficient (Wildman–Crippen LogP) is 6.29. The molecule has 24 heavy (non-hydrogen) atoms. The molecule has 3 aromatic rings. The van der Waals surface area contributed by atoms with Gasteiger partial charge in [-0.1, -0.05) is 23.7 Å². The lowest BCUT2D eigenvalue weighted by molar-refractivity contribution is 0.414. The van der Waals surface area contributed by atoms with Crippen LogP contribution < -0.4 is 4.74 Å². The number of hydrogen-bond donors (Lipinski definition) is 0. The molecule has 0 amide bonds. The summed E-state index contributed by atoms with van der Waals surface area (Å²) in [6.45, 7) is 0. The molecule has 0 unspecified atom stereocenters. The molecule has 122 valence electrons. The fraction of sp³-hybridized carbons (Fsp3) is 0.0556. The minimum atomic E-state index is 0.706. The molecule has 0 radical (unpaired) electrons. The van der Waals surface area contributed by atoms with Gasteiger partial charge < -0.3 is 4.74 Å². The van der Waals surface area contributed by atoms with E-state index in [4.69, 9.17) is 16.3 Å². The zero-order valence-corrected chi connectivity index (χ0v) is 16.6. The predicted molar refractivity (Wildman–Crippen MR) is 106 cm³/mol. The molecule has 0 bridgehead atoms. The van der Waals surface area contributed by atoms with E-state index in [1.54, 1.807) is 7.11 Å². The van der Waals surface area contributed by atoms with E-state index in [-0.39, 0.29) is 0 Å². The number of ether oxygens (including phenoxy) is 1. The number of hydrogen-bond acceptors (Lipinski definition) is 2. The van der Waals surface area contributed by atoms with Crippen molar-refractivity contribution < 1.29 is 4.74 Å². The number of rotatable bonds is 4. The van der Waals surface area contributed by atoms with Crippen molar-refractivity contribution in [2.75, 3.05) is 7.11 Å². The Morgan fingerprint density at radius 3 is 2.33 bits per heavy atom. The second kappa shape index (κ2) is 7.55. The van der Waals surface area contributed by atoms with E-state index >= 15 is 0 Å². The van der Waals surface area contributed by atoms with E-state index in [0.717, 1.165) is 31.8 Å². The third-order valence-corrected chi connectivity index (χ3v) is 4.15. The van der Waals surface area contributed by atoms with E-state index in [1.807, 2.05) is 65.4 Å². The average Bonchev–Trinajstić information content (AvgIpc) is 2.98. The van der Waals surface area contributed by atoms with Crippen molar-refractivity contribution in [2.45, 2.75) is 0 Å². The Bertz CT molecular complexity index is 867. The van der Waals surface area contributed by atoms with Crippen LogP contribution in [0.5, 0.6) is 5.75 Å². The van der Waals surface area contributed by atoms with Gasteiger partial charge in [-0.2, -0.15) is 5.10 Å². The van der Waals surface area contributed by atoms with E-state index < -0.39 is 0 Å². The zero-order chi connectivity index (χ0) is 17.1. The van der Waals surface area contributed by atoms with Gasteiger partial charge in [0.25, 0.3) is 0 Å². The minimum absolute atomic E-state index is 0.706. The molecule has 2 aromatic carbocycles. The van der Waals surface area contributed by atoms with Crippen LogP contribution >= 0.6 is 43.5 Å². The van der Waals surface area contributed by atoms with Gasteiger partial charge in [-0.15, -0.1) is 0 Å². The van der Waals surface area contributed by atoms with Crippen LogP contribution in [-0.4, -0.2) is 16.9 Å². The van der Waals surface area contributed by atoms with Gasteiger partial charge in [-0.25, -0.2) is 4.68 Å². The van der Waals surface area contributed by atoms with Crippen molar-refractivity contribution in [1.82, 2.24) is 9.78 Å². The Balaban J connectivity index is 2.13. The van der Waals surface area contributed by atoms with Crippen LogP contribution in [0.15, 0.2) is 58.0 Å². The Morgan fingerprint density at radius 1 is 1.08 bits per heavy atom.